The molecular weight excluding hydrogens is 300 g/mol. The van der Waals surface area contributed by atoms with Gasteiger partial charge in [-0.15, -0.1) is 0 Å². The van der Waals surface area contributed by atoms with Crippen molar-refractivity contribution in [2.75, 3.05) is 11.9 Å². The minimum Gasteiger partial charge on any atom is -0.461 e. The molecular formula is C15H22N4O4. The lowest BCUT2D eigenvalue weighted by molar-refractivity contribution is -0.142. The van der Waals surface area contributed by atoms with Gasteiger partial charge in [-0.05, 0) is 30.5 Å². The van der Waals surface area contributed by atoms with Crippen LogP contribution in [0.1, 0.15) is 25.3 Å². The number of carbonyl (C=O) groups is 3. The Kier molecular flexibility index (Phi) is 7.55. The maximum atomic E-state index is 11.9. The van der Waals surface area contributed by atoms with Crippen LogP contribution in [0.2, 0.25) is 0 Å². The molecule has 6 N–H and O–H groups in total. The summed E-state index contributed by atoms with van der Waals surface area (Å²) in [4.78, 5) is 33.2. The lowest BCUT2D eigenvalue weighted by Gasteiger charge is -2.12. The Bertz CT molecular complexity index is 545. The predicted molar refractivity (Wildman–Crippen MR) is 85.3 cm³/mol. The predicted octanol–water partition coefficient (Wildman–Crippen LogP) is 0.464. The van der Waals surface area contributed by atoms with Gasteiger partial charge in [-0.25, -0.2) is 4.79 Å². The van der Waals surface area contributed by atoms with Crippen LogP contribution in [0, 0.1) is 0 Å². The summed E-state index contributed by atoms with van der Waals surface area (Å²) in [5.74, 6) is -0.656. The Morgan fingerprint density at radius 1 is 1.22 bits per heavy atom. The van der Waals surface area contributed by atoms with Gasteiger partial charge in [0.25, 0.3) is 0 Å². The molecule has 0 saturated heterocycles. The van der Waals surface area contributed by atoms with E-state index in [1.807, 2.05) is 0 Å². The van der Waals surface area contributed by atoms with Crippen LogP contribution in [0.4, 0.5) is 10.5 Å². The van der Waals surface area contributed by atoms with E-state index in [0.717, 1.165) is 5.56 Å². The number of rotatable bonds is 8. The lowest BCUT2D eigenvalue weighted by atomic mass is 10.1. The van der Waals surface area contributed by atoms with E-state index in [0.29, 0.717) is 25.1 Å². The molecule has 0 aliphatic rings. The molecule has 8 nitrogen and oxygen atoms in total. The minimum absolute atomic E-state index is 0.190. The van der Waals surface area contributed by atoms with Crippen molar-refractivity contribution >= 4 is 23.6 Å². The van der Waals surface area contributed by atoms with Gasteiger partial charge in [0.2, 0.25) is 5.91 Å². The normalized spacial score (nSPS) is 11.4. The average Bonchev–Trinajstić information content (AvgIpc) is 2.50. The Morgan fingerprint density at radius 2 is 1.87 bits per heavy atom. The third-order valence-electron chi connectivity index (χ3n) is 2.99. The van der Waals surface area contributed by atoms with Crippen LogP contribution >= 0.6 is 0 Å². The van der Waals surface area contributed by atoms with Gasteiger partial charge in [0, 0.05) is 19.2 Å². The van der Waals surface area contributed by atoms with Gasteiger partial charge in [0.05, 0.1) is 6.04 Å². The number of anilines is 1. The number of nitrogens with one attached hydrogen (secondary N) is 2. The summed E-state index contributed by atoms with van der Waals surface area (Å²) < 4.78 is 4.87. The first kappa shape index (κ1) is 18.4. The number of primary amides is 1. The number of benzene rings is 1. The Balaban J connectivity index is 2.38. The quantitative estimate of drug-likeness (QED) is 0.407. The van der Waals surface area contributed by atoms with Crippen LogP contribution in [-0.4, -0.2) is 30.5 Å². The zero-order valence-electron chi connectivity index (χ0n) is 13.0. The molecule has 0 saturated carbocycles. The third kappa shape index (κ3) is 7.82. The standard InChI is InChI=1S/C15H22N4O4/c1-10(20)23-9-11-4-6-12(7-5-11)19-14(21)13(16)3-2-8-18-15(17)22/h4-7,13H,2-3,8-9,16H2,1H3,(H,19,21)(H3,17,18,22)/t13-/m0/s1. The van der Waals surface area contributed by atoms with Crippen molar-refractivity contribution in [2.24, 2.45) is 11.5 Å². The summed E-state index contributed by atoms with van der Waals surface area (Å²) in [6, 6.07) is 5.64. The Hall–Kier alpha value is -2.61. The highest BCUT2D eigenvalue weighted by atomic mass is 16.5. The van der Waals surface area contributed by atoms with Gasteiger partial charge in [-0.1, -0.05) is 12.1 Å². The number of hydrogen-bond acceptors (Lipinski definition) is 5. The topological polar surface area (TPSA) is 137 Å². The fraction of sp³-hybridized carbons (Fsp3) is 0.400. The SMILES string of the molecule is CC(=O)OCc1ccc(NC(=O)[C@@H](N)CCCNC(N)=O)cc1. The molecule has 1 rings (SSSR count). The second-order valence-electron chi connectivity index (χ2n) is 5.01. The molecule has 0 aliphatic carbocycles. The van der Waals surface area contributed by atoms with Crippen LogP contribution in [0.15, 0.2) is 24.3 Å². The molecule has 8 heteroatoms. The van der Waals surface area contributed by atoms with E-state index < -0.39 is 12.1 Å². The maximum absolute atomic E-state index is 11.9. The Morgan fingerprint density at radius 3 is 2.43 bits per heavy atom. The highest BCUT2D eigenvalue weighted by molar-refractivity contribution is 5.94. The van der Waals surface area contributed by atoms with Crippen molar-refractivity contribution in [3.05, 3.63) is 29.8 Å². The molecule has 1 aromatic carbocycles. The summed E-state index contributed by atoms with van der Waals surface area (Å²) >= 11 is 0. The summed E-state index contributed by atoms with van der Waals surface area (Å²) in [6.45, 7) is 1.91. The van der Waals surface area contributed by atoms with Crippen molar-refractivity contribution < 1.29 is 19.1 Å². The van der Waals surface area contributed by atoms with E-state index in [1.165, 1.54) is 6.92 Å². The number of amides is 3. The molecule has 0 spiro atoms. The number of hydrogen-bond donors (Lipinski definition) is 4. The molecule has 3 amide bonds. The summed E-state index contributed by atoms with van der Waals surface area (Å²) in [5.41, 5.74) is 12.1. The van der Waals surface area contributed by atoms with Crippen molar-refractivity contribution in [3.63, 3.8) is 0 Å². The van der Waals surface area contributed by atoms with Crippen molar-refractivity contribution in [3.8, 4) is 0 Å². The minimum atomic E-state index is -0.676. The number of ether oxygens (including phenoxy) is 1. The van der Waals surface area contributed by atoms with E-state index in [4.69, 9.17) is 16.2 Å². The van der Waals surface area contributed by atoms with E-state index in [9.17, 15) is 14.4 Å². The van der Waals surface area contributed by atoms with Gasteiger partial charge >= 0.3 is 12.0 Å². The fourth-order valence-electron chi connectivity index (χ4n) is 1.77. The van der Waals surface area contributed by atoms with Crippen molar-refractivity contribution in [2.45, 2.75) is 32.4 Å². The van der Waals surface area contributed by atoms with Crippen molar-refractivity contribution in [1.82, 2.24) is 5.32 Å². The highest BCUT2D eigenvalue weighted by Gasteiger charge is 2.13. The second kappa shape index (κ2) is 9.42. The molecule has 1 aromatic rings. The zero-order valence-corrected chi connectivity index (χ0v) is 13.0. The van der Waals surface area contributed by atoms with Gasteiger partial charge in [0.15, 0.2) is 0 Å². The van der Waals surface area contributed by atoms with E-state index >= 15 is 0 Å². The van der Waals surface area contributed by atoms with E-state index in [-0.39, 0.29) is 18.5 Å². The second-order valence-corrected chi connectivity index (χ2v) is 5.01. The van der Waals surface area contributed by atoms with Gasteiger partial charge in [-0.2, -0.15) is 0 Å². The van der Waals surface area contributed by atoms with Gasteiger partial charge < -0.3 is 26.8 Å². The highest BCUT2D eigenvalue weighted by Crippen LogP contribution is 2.11. The number of nitrogens with two attached hydrogens (primary N) is 2. The smallest absolute Gasteiger partial charge is 0.312 e. The zero-order chi connectivity index (χ0) is 17.2. The molecule has 0 aliphatic heterocycles. The summed E-state index contributed by atoms with van der Waals surface area (Å²) in [6.07, 6.45) is 0.982. The first-order chi connectivity index (χ1) is 10.9. The molecule has 0 fully saturated rings. The van der Waals surface area contributed by atoms with Crippen LogP contribution in [-0.2, 0) is 20.9 Å². The summed E-state index contributed by atoms with van der Waals surface area (Å²) in [7, 11) is 0. The molecule has 0 heterocycles. The summed E-state index contributed by atoms with van der Waals surface area (Å²) in [5, 5.41) is 5.13. The Labute approximate surface area is 134 Å². The van der Waals surface area contributed by atoms with Gasteiger partial charge in [-0.3, -0.25) is 9.59 Å². The van der Waals surface area contributed by atoms with E-state index in [2.05, 4.69) is 10.6 Å². The van der Waals surface area contributed by atoms with Gasteiger partial charge in [0.1, 0.15) is 6.61 Å². The molecule has 0 radical (unpaired) electrons. The monoisotopic (exact) mass is 322 g/mol. The molecule has 23 heavy (non-hydrogen) atoms. The maximum Gasteiger partial charge on any atom is 0.312 e. The number of urea groups is 1. The van der Waals surface area contributed by atoms with Crippen LogP contribution in [0.25, 0.3) is 0 Å². The molecule has 0 aromatic heterocycles. The molecule has 0 unspecified atom stereocenters. The first-order valence-electron chi connectivity index (χ1n) is 7.20. The van der Waals surface area contributed by atoms with Crippen LogP contribution in [0.5, 0.6) is 0 Å². The fourth-order valence-corrected chi connectivity index (χ4v) is 1.77. The first-order valence-corrected chi connectivity index (χ1v) is 7.20. The molecule has 0 bridgehead atoms. The number of esters is 1. The number of carbonyl (C=O) groups excluding carboxylic acids is 3. The van der Waals surface area contributed by atoms with Crippen molar-refractivity contribution in [1.29, 1.82) is 0 Å². The van der Waals surface area contributed by atoms with Crippen LogP contribution in [0.3, 0.4) is 0 Å². The van der Waals surface area contributed by atoms with Crippen LogP contribution < -0.4 is 22.1 Å². The average molecular weight is 322 g/mol. The third-order valence-corrected chi connectivity index (χ3v) is 2.99. The molecule has 126 valence electrons. The largest absolute Gasteiger partial charge is 0.461 e. The lowest BCUT2D eigenvalue weighted by Crippen LogP contribution is -2.37. The van der Waals surface area contributed by atoms with E-state index in [1.54, 1.807) is 24.3 Å². The molecule has 1 atom stereocenters.